The molecule has 1 aromatic carbocycles. The van der Waals surface area contributed by atoms with Crippen molar-refractivity contribution in [3.63, 3.8) is 0 Å². The molecule has 0 spiro atoms. The molecular weight excluding hydrogens is 466 g/mol. The Morgan fingerprint density at radius 3 is 2.59 bits per heavy atom. The molecule has 1 aliphatic heterocycles. The molecule has 2 aromatic rings. The smallest absolute Gasteiger partial charge is 0.279 e. The maximum Gasteiger partial charge on any atom is 0.279 e. The van der Waals surface area contributed by atoms with Crippen molar-refractivity contribution in [1.82, 2.24) is 14.3 Å². The van der Waals surface area contributed by atoms with Gasteiger partial charge in [-0.1, -0.05) is 17.3 Å². The number of nitrogens with zero attached hydrogens (tertiary/aromatic N) is 4. The number of aromatic nitrogens is 2. The van der Waals surface area contributed by atoms with E-state index in [0.717, 1.165) is 0 Å². The summed E-state index contributed by atoms with van der Waals surface area (Å²) in [6.45, 7) is 1.39. The molecule has 184 valence electrons. The van der Waals surface area contributed by atoms with E-state index in [0.29, 0.717) is 31.1 Å². The molecule has 1 fully saturated rings. The van der Waals surface area contributed by atoms with Gasteiger partial charge in [0.25, 0.3) is 5.91 Å². The van der Waals surface area contributed by atoms with Gasteiger partial charge in [0.1, 0.15) is 0 Å². The third-order valence-electron chi connectivity index (χ3n) is 4.92. The van der Waals surface area contributed by atoms with Crippen LogP contribution in [0.1, 0.15) is 12.0 Å². The molecule has 3 rings (SSSR count). The molecule has 1 amide bonds. The summed E-state index contributed by atoms with van der Waals surface area (Å²) in [6, 6.07) is 5.79. The molecule has 13 heteroatoms. The normalized spacial score (nSPS) is 16.5. The van der Waals surface area contributed by atoms with Crippen LogP contribution in [0.15, 0.2) is 46.7 Å². The largest absolute Gasteiger partial charge is 0.480 e. The lowest BCUT2D eigenvalue weighted by atomic mass is 10.1. The molecule has 0 radical (unpaired) electrons. The van der Waals surface area contributed by atoms with E-state index in [1.54, 1.807) is 0 Å². The van der Waals surface area contributed by atoms with Crippen LogP contribution in [0.5, 0.6) is 5.88 Å². The summed E-state index contributed by atoms with van der Waals surface area (Å²) in [7, 11) is 0.702. The molecule has 1 aliphatic rings. The van der Waals surface area contributed by atoms with Gasteiger partial charge in [-0.25, -0.2) is 18.4 Å². The van der Waals surface area contributed by atoms with E-state index in [9.17, 15) is 13.2 Å². The molecule has 0 aliphatic carbocycles. The lowest BCUT2D eigenvalue weighted by molar-refractivity contribution is -0.110. The minimum Gasteiger partial charge on any atom is -0.480 e. The maximum atomic E-state index is 13.0. The number of sulfonamides is 1. The number of ether oxygens (including phenoxy) is 3. The van der Waals surface area contributed by atoms with Crippen LogP contribution in [0.2, 0.25) is 0 Å². The van der Waals surface area contributed by atoms with Crippen LogP contribution in [-0.4, -0.2) is 88.0 Å². The first-order valence-electron chi connectivity index (χ1n) is 10.4. The summed E-state index contributed by atoms with van der Waals surface area (Å²) in [5, 5.41) is 6.65. The summed E-state index contributed by atoms with van der Waals surface area (Å²) in [5.41, 5.74) is 0.303. The van der Waals surface area contributed by atoms with Gasteiger partial charge < -0.3 is 24.4 Å². The molecule has 0 bridgehead atoms. The number of methoxy groups -OCH3 is 2. The second-order valence-corrected chi connectivity index (χ2v) is 9.32. The van der Waals surface area contributed by atoms with Crippen molar-refractivity contribution in [3.05, 3.63) is 42.2 Å². The van der Waals surface area contributed by atoms with Crippen molar-refractivity contribution in [2.45, 2.75) is 17.4 Å². The molecule has 1 atom stereocenters. The molecule has 2 heterocycles. The number of benzene rings is 1. The van der Waals surface area contributed by atoms with E-state index in [1.165, 1.54) is 62.2 Å². The first-order valence-corrected chi connectivity index (χ1v) is 11.8. The van der Waals surface area contributed by atoms with Crippen molar-refractivity contribution >= 4 is 27.5 Å². The van der Waals surface area contributed by atoms with Crippen LogP contribution in [0, 0.1) is 0 Å². The van der Waals surface area contributed by atoms with Gasteiger partial charge >= 0.3 is 0 Å². The van der Waals surface area contributed by atoms with Crippen LogP contribution < -0.4 is 10.1 Å². The summed E-state index contributed by atoms with van der Waals surface area (Å²) in [5.74, 6) is -0.128. The fraction of sp³-hybridized carbons (Fsp3) is 0.429. The number of rotatable bonds is 11. The quantitative estimate of drug-likeness (QED) is 0.357. The molecule has 1 saturated heterocycles. The highest BCUT2D eigenvalue weighted by atomic mass is 32.2. The van der Waals surface area contributed by atoms with Gasteiger partial charge in [0.2, 0.25) is 15.9 Å². The van der Waals surface area contributed by atoms with Gasteiger partial charge in [-0.05, 0) is 12.1 Å². The Bertz CT molecular complexity index is 1090. The van der Waals surface area contributed by atoms with Crippen molar-refractivity contribution < 1.29 is 32.3 Å². The highest BCUT2D eigenvalue weighted by Crippen LogP contribution is 2.17. The number of amides is 1. The van der Waals surface area contributed by atoms with Gasteiger partial charge in [-0.2, -0.15) is 4.31 Å². The van der Waals surface area contributed by atoms with Crippen molar-refractivity contribution in [2.24, 2.45) is 5.16 Å². The molecule has 34 heavy (non-hydrogen) atoms. The Kier molecular flexibility index (Phi) is 8.87. The zero-order valence-corrected chi connectivity index (χ0v) is 19.9. The van der Waals surface area contributed by atoms with E-state index in [4.69, 9.17) is 19.0 Å². The lowest BCUT2D eigenvalue weighted by Crippen LogP contribution is -2.30. The van der Waals surface area contributed by atoms with Crippen LogP contribution in [0.25, 0.3) is 0 Å². The topological polar surface area (TPSA) is 142 Å². The van der Waals surface area contributed by atoms with Gasteiger partial charge in [-0.3, -0.25) is 4.79 Å². The molecule has 1 N–H and O–H groups in total. The number of likely N-dealkylation sites (N-methyl/N-ethyl adjacent to an activating group) is 1. The van der Waals surface area contributed by atoms with Gasteiger partial charge in [0.15, 0.2) is 17.6 Å². The first kappa shape index (κ1) is 25.5. The van der Waals surface area contributed by atoms with Crippen molar-refractivity contribution in [3.8, 4) is 5.88 Å². The SMILES string of the molecule is COCCN(C)S(=O)(=O)c1ccc(C(=NO[C@@H]2CCOC2)C(=O)Nc2cnc(OC)cn2)cc1. The summed E-state index contributed by atoms with van der Waals surface area (Å²) < 4.78 is 41.9. The third kappa shape index (κ3) is 6.47. The van der Waals surface area contributed by atoms with Crippen molar-refractivity contribution in [1.29, 1.82) is 0 Å². The number of oxime groups is 1. The minimum absolute atomic E-state index is 0.0544. The van der Waals surface area contributed by atoms with Gasteiger partial charge in [0.05, 0.1) is 44.2 Å². The molecule has 0 saturated carbocycles. The van der Waals surface area contributed by atoms with Crippen molar-refractivity contribution in [2.75, 3.05) is 52.9 Å². The van der Waals surface area contributed by atoms with Crippen LogP contribution in [-0.2, 0) is 29.1 Å². The van der Waals surface area contributed by atoms with Crippen LogP contribution >= 0.6 is 0 Å². The monoisotopic (exact) mass is 493 g/mol. The van der Waals surface area contributed by atoms with E-state index in [1.807, 2.05) is 0 Å². The van der Waals surface area contributed by atoms with E-state index in [-0.39, 0.29) is 35.7 Å². The number of hydrogen-bond acceptors (Lipinski definition) is 10. The predicted octanol–water partition coefficient (Wildman–Crippen LogP) is 0.900. The number of hydrogen-bond donors (Lipinski definition) is 1. The van der Waals surface area contributed by atoms with Crippen LogP contribution in [0.3, 0.4) is 0 Å². The Labute approximate surface area is 197 Å². The zero-order valence-electron chi connectivity index (χ0n) is 19.1. The Hall–Kier alpha value is -3.13. The van der Waals surface area contributed by atoms with E-state index >= 15 is 0 Å². The fourth-order valence-corrected chi connectivity index (χ4v) is 4.07. The Balaban J connectivity index is 1.83. The molecule has 0 unspecified atom stereocenters. The van der Waals surface area contributed by atoms with Crippen LogP contribution in [0.4, 0.5) is 5.82 Å². The van der Waals surface area contributed by atoms with Gasteiger partial charge in [0, 0.05) is 32.7 Å². The minimum atomic E-state index is -3.72. The predicted molar refractivity (Wildman–Crippen MR) is 122 cm³/mol. The number of anilines is 1. The average Bonchev–Trinajstić information content (AvgIpc) is 3.37. The fourth-order valence-electron chi connectivity index (χ4n) is 2.91. The third-order valence-corrected chi connectivity index (χ3v) is 6.79. The first-order chi connectivity index (χ1) is 16.3. The standard InChI is InChI=1S/C21H27N5O7S/c1-26(9-11-30-2)34(28,29)17-6-4-15(5-7-17)20(25-33-16-8-10-32-14-16)21(27)24-18-12-23-19(31-3)13-22-18/h4-7,12-13,16H,8-11,14H2,1-3H3,(H,22,24,27)/t16-/m1/s1. The van der Waals surface area contributed by atoms with E-state index in [2.05, 4.69) is 20.4 Å². The van der Waals surface area contributed by atoms with E-state index < -0.39 is 15.9 Å². The lowest BCUT2D eigenvalue weighted by Gasteiger charge is -2.17. The molecule has 12 nitrogen and oxygen atoms in total. The highest BCUT2D eigenvalue weighted by molar-refractivity contribution is 7.89. The second-order valence-electron chi connectivity index (χ2n) is 7.27. The highest BCUT2D eigenvalue weighted by Gasteiger charge is 2.23. The Morgan fingerprint density at radius 2 is 2.00 bits per heavy atom. The summed E-state index contributed by atoms with van der Waals surface area (Å²) in [6.07, 6.45) is 3.06. The average molecular weight is 494 g/mol. The summed E-state index contributed by atoms with van der Waals surface area (Å²) >= 11 is 0. The molecular formula is C21H27N5O7S. The molecule has 1 aromatic heterocycles. The zero-order chi connectivity index (χ0) is 24.6. The Morgan fingerprint density at radius 1 is 1.24 bits per heavy atom. The number of carbonyl (C=O) groups excluding carboxylic acids is 1. The maximum absolute atomic E-state index is 13.0. The van der Waals surface area contributed by atoms with Gasteiger partial charge in [-0.15, -0.1) is 0 Å². The number of nitrogens with one attached hydrogen (secondary N) is 1. The number of carbonyl (C=O) groups is 1. The summed E-state index contributed by atoms with van der Waals surface area (Å²) in [4.78, 5) is 26.6. The second kappa shape index (κ2) is 11.8.